The van der Waals surface area contributed by atoms with E-state index in [-0.39, 0.29) is 18.0 Å². The Hall–Kier alpha value is -1.35. The van der Waals surface area contributed by atoms with Crippen LogP contribution in [0.3, 0.4) is 0 Å². The average Bonchev–Trinajstić information content (AvgIpc) is 2.37. The van der Waals surface area contributed by atoms with Crippen LogP contribution >= 0.6 is 15.9 Å². The lowest BCUT2D eigenvalue weighted by Gasteiger charge is -2.31. The lowest BCUT2D eigenvalue weighted by molar-refractivity contribution is 0.0645. The highest BCUT2D eigenvalue weighted by Gasteiger charge is 2.24. The van der Waals surface area contributed by atoms with Crippen molar-refractivity contribution in [2.45, 2.75) is 39.8 Å². The molecule has 0 fully saturated rings. The molecule has 2 aromatic carbocycles. The van der Waals surface area contributed by atoms with E-state index in [1.165, 1.54) is 0 Å². The molecule has 0 atom stereocenters. The first kappa shape index (κ1) is 15.0. The highest BCUT2D eigenvalue weighted by atomic mass is 79.9. The number of rotatable bonds is 3. The van der Waals surface area contributed by atoms with Crippen molar-refractivity contribution >= 4 is 32.6 Å². The first-order chi connectivity index (χ1) is 9.43. The van der Waals surface area contributed by atoms with Gasteiger partial charge < -0.3 is 4.90 Å². The van der Waals surface area contributed by atoms with Crippen LogP contribution in [0.2, 0.25) is 0 Å². The standard InChI is InChI=1S/C17H20BrNO/c1-11(2)19(12(3)4)17(20)16-14-8-6-5-7-13(14)9-10-15(16)18/h5-12H,1-4H3. The predicted octanol–water partition coefficient (Wildman–Crippen LogP) is 4.86. The van der Waals surface area contributed by atoms with Crippen LogP contribution in [0.1, 0.15) is 38.1 Å². The average molecular weight is 334 g/mol. The smallest absolute Gasteiger partial charge is 0.256 e. The normalized spacial score (nSPS) is 11.3. The van der Waals surface area contributed by atoms with Gasteiger partial charge in [-0.25, -0.2) is 0 Å². The Labute approximate surface area is 128 Å². The molecule has 3 heteroatoms. The summed E-state index contributed by atoms with van der Waals surface area (Å²) in [5.74, 6) is 0.0821. The summed E-state index contributed by atoms with van der Waals surface area (Å²) >= 11 is 3.54. The van der Waals surface area contributed by atoms with Crippen LogP contribution in [-0.4, -0.2) is 22.9 Å². The fourth-order valence-electron chi connectivity index (χ4n) is 2.66. The van der Waals surface area contributed by atoms with Gasteiger partial charge in [0.1, 0.15) is 0 Å². The van der Waals surface area contributed by atoms with Gasteiger partial charge in [-0.3, -0.25) is 4.79 Å². The van der Waals surface area contributed by atoms with Crippen LogP contribution in [0.5, 0.6) is 0 Å². The summed E-state index contributed by atoms with van der Waals surface area (Å²) in [6.07, 6.45) is 0. The monoisotopic (exact) mass is 333 g/mol. The second-order valence-corrected chi connectivity index (χ2v) is 6.40. The summed E-state index contributed by atoms with van der Waals surface area (Å²) < 4.78 is 0.854. The summed E-state index contributed by atoms with van der Waals surface area (Å²) in [5, 5.41) is 2.09. The van der Waals surface area contributed by atoms with E-state index in [9.17, 15) is 4.79 Å². The van der Waals surface area contributed by atoms with Gasteiger partial charge in [0.25, 0.3) is 5.91 Å². The van der Waals surface area contributed by atoms with Crippen LogP contribution in [0, 0.1) is 0 Å². The van der Waals surface area contributed by atoms with E-state index in [4.69, 9.17) is 0 Å². The number of nitrogens with zero attached hydrogens (tertiary/aromatic N) is 1. The highest BCUT2D eigenvalue weighted by Crippen LogP contribution is 2.28. The van der Waals surface area contributed by atoms with Gasteiger partial charge in [0.2, 0.25) is 0 Å². The number of fused-ring (bicyclic) bond motifs is 1. The molecule has 0 aliphatic heterocycles. The number of hydrogen-bond acceptors (Lipinski definition) is 1. The second-order valence-electron chi connectivity index (χ2n) is 5.54. The van der Waals surface area contributed by atoms with Crippen LogP contribution in [0.25, 0.3) is 10.8 Å². The van der Waals surface area contributed by atoms with E-state index < -0.39 is 0 Å². The number of benzene rings is 2. The quantitative estimate of drug-likeness (QED) is 0.785. The first-order valence-corrected chi connectivity index (χ1v) is 7.72. The van der Waals surface area contributed by atoms with Gasteiger partial charge >= 0.3 is 0 Å². The molecule has 0 aromatic heterocycles. The summed E-state index contributed by atoms with van der Waals surface area (Å²) in [4.78, 5) is 14.9. The van der Waals surface area contributed by atoms with E-state index in [2.05, 4.69) is 43.6 Å². The summed E-state index contributed by atoms with van der Waals surface area (Å²) in [5.41, 5.74) is 0.755. The summed E-state index contributed by atoms with van der Waals surface area (Å²) in [6.45, 7) is 8.21. The van der Waals surface area contributed by atoms with Gasteiger partial charge in [0.15, 0.2) is 0 Å². The molecule has 0 spiro atoms. The van der Waals surface area contributed by atoms with Gasteiger partial charge in [-0.1, -0.05) is 30.3 Å². The summed E-state index contributed by atoms with van der Waals surface area (Å²) in [6, 6.07) is 12.3. The number of carbonyl (C=O) groups is 1. The largest absolute Gasteiger partial charge is 0.334 e. The molecule has 0 N–H and O–H groups in total. The zero-order chi connectivity index (χ0) is 14.9. The molecular formula is C17H20BrNO. The number of amides is 1. The van der Waals surface area contributed by atoms with Crippen LogP contribution in [-0.2, 0) is 0 Å². The maximum atomic E-state index is 13.0. The van der Waals surface area contributed by atoms with Crippen molar-refractivity contribution in [3.63, 3.8) is 0 Å². The molecule has 0 saturated carbocycles. The maximum absolute atomic E-state index is 13.0. The molecule has 0 saturated heterocycles. The molecule has 0 unspecified atom stereocenters. The zero-order valence-electron chi connectivity index (χ0n) is 12.4. The Bertz CT molecular complexity index is 626. The number of hydrogen-bond donors (Lipinski definition) is 0. The van der Waals surface area contributed by atoms with Crippen molar-refractivity contribution in [1.82, 2.24) is 4.90 Å². The van der Waals surface area contributed by atoms with E-state index in [0.717, 1.165) is 20.8 Å². The van der Waals surface area contributed by atoms with E-state index >= 15 is 0 Å². The Morgan fingerprint density at radius 1 is 1.00 bits per heavy atom. The lowest BCUT2D eigenvalue weighted by Crippen LogP contribution is -2.42. The number of halogens is 1. The molecule has 0 aliphatic carbocycles. The van der Waals surface area contributed by atoms with E-state index in [1.54, 1.807) is 0 Å². The Morgan fingerprint density at radius 2 is 1.60 bits per heavy atom. The predicted molar refractivity (Wildman–Crippen MR) is 88.1 cm³/mol. The Morgan fingerprint density at radius 3 is 2.20 bits per heavy atom. The molecule has 106 valence electrons. The van der Waals surface area contributed by atoms with E-state index in [0.29, 0.717) is 0 Å². The van der Waals surface area contributed by atoms with Crippen LogP contribution < -0.4 is 0 Å². The second kappa shape index (κ2) is 5.96. The number of carbonyl (C=O) groups excluding carboxylic acids is 1. The topological polar surface area (TPSA) is 20.3 Å². The summed E-state index contributed by atoms with van der Waals surface area (Å²) in [7, 11) is 0. The van der Waals surface area contributed by atoms with Crippen molar-refractivity contribution < 1.29 is 4.79 Å². The van der Waals surface area contributed by atoms with Gasteiger partial charge in [0.05, 0.1) is 5.56 Å². The van der Waals surface area contributed by atoms with Crippen molar-refractivity contribution in [2.24, 2.45) is 0 Å². The first-order valence-electron chi connectivity index (χ1n) is 6.93. The molecule has 0 bridgehead atoms. The zero-order valence-corrected chi connectivity index (χ0v) is 13.9. The van der Waals surface area contributed by atoms with E-state index in [1.807, 2.05) is 41.3 Å². The highest BCUT2D eigenvalue weighted by molar-refractivity contribution is 9.10. The molecule has 2 rings (SSSR count). The lowest BCUT2D eigenvalue weighted by atomic mass is 10.0. The van der Waals surface area contributed by atoms with Crippen molar-refractivity contribution in [1.29, 1.82) is 0 Å². The molecule has 0 aliphatic rings. The van der Waals surface area contributed by atoms with Gasteiger partial charge in [-0.2, -0.15) is 0 Å². The van der Waals surface area contributed by atoms with Crippen LogP contribution in [0.15, 0.2) is 40.9 Å². The van der Waals surface area contributed by atoms with Crippen molar-refractivity contribution in [3.05, 3.63) is 46.4 Å². The molecular weight excluding hydrogens is 314 g/mol. The third kappa shape index (κ3) is 2.73. The van der Waals surface area contributed by atoms with Crippen molar-refractivity contribution in [2.75, 3.05) is 0 Å². The third-order valence-corrected chi connectivity index (χ3v) is 4.10. The van der Waals surface area contributed by atoms with Crippen molar-refractivity contribution in [3.8, 4) is 0 Å². The fourth-order valence-corrected chi connectivity index (χ4v) is 3.17. The SMILES string of the molecule is CC(C)N(C(=O)c1c(Br)ccc2ccccc12)C(C)C. The Balaban J connectivity index is 2.62. The Kier molecular flexibility index (Phi) is 4.48. The fraction of sp³-hybridized carbons (Fsp3) is 0.353. The minimum absolute atomic E-state index is 0.0821. The minimum atomic E-state index is 0.0821. The molecule has 1 amide bonds. The molecule has 2 aromatic rings. The molecule has 0 heterocycles. The van der Waals surface area contributed by atoms with Gasteiger partial charge in [-0.05, 0) is 60.5 Å². The van der Waals surface area contributed by atoms with Gasteiger partial charge in [-0.15, -0.1) is 0 Å². The molecule has 20 heavy (non-hydrogen) atoms. The maximum Gasteiger partial charge on any atom is 0.256 e. The molecule has 2 nitrogen and oxygen atoms in total. The molecule has 0 radical (unpaired) electrons. The third-order valence-electron chi connectivity index (χ3n) is 3.44. The van der Waals surface area contributed by atoms with Crippen LogP contribution in [0.4, 0.5) is 0 Å². The minimum Gasteiger partial charge on any atom is -0.334 e. The van der Waals surface area contributed by atoms with Gasteiger partial charge in [0, 0.05) is 16.6 Å².